The van der Waals surface area contributed by atoms with Gasteiger partial charge >= 0.3 is 0 Å². The molecular weight excluding hydrogens is 313 g/mol. The van der Waals surface area contributed by atoms with Crippen LogP contribution in [-0.2, 0) is 0 Å². The Morgan fingerprint density at radius 3 is 1.75 bits per heavy atom. The maximum atomic E-state index is 2.34. The topological polar surface area (TPSA) is 0 Å². The third kappa shape index (κ3) is 2.38. The molecule has 2 atom stereocenters. The normalized spacial score (nSPS) is 33.9. The highest BCUT2D eigenvalue weighted by Crippen LogP contribution is 2.65. The lowest BCUT2D eigenvalue weighted by Gasteiger charge is -2.24. The second kappa shape index (κ2) is 5.13. The summed E-state index contributed by atoms with van der Waals surface area (Å²) in [5.41, 5.74) is 0. The second-order valence-corrected chi connectivity index (χ2v) is 11.2. The summed E-state index contributed by atoms with van der Waals surface area (Å²) in [7, 11) is 0. The summed E-state index contributed by atoms with van der Waals surface area (Å²) in [5.74, 6) is 0. The number of hydrogen-bond donors (Lipinski definition) is 0. The minimum atomic E-state index is 0.739. The number of rotatable bonds is 0. The van der Waals surface area contributed by atoms with E-state index in [9.17, 15) is 0 Å². The van der Waals surface area contributed by atoms with Crippen molar-refractivity contribution in [1.29, 1.82) is 0 Å². The van der Waals surface area contributed by atoms with Crippen molar-refractivity contribution >= 4 is 70.6 Å². The average Bonchev–Trinajstić information content (AvgIpc) is 2.86. The van der Waals surface area contributed by atoms with Gasteiger partial charge in [0.2, 0.25) is 0 Å². The van der Waals surface area contributed by atoms with Gasteiger partial charge in [0.25, 0.3) is 0 Å². The highest BCUT2D eigenvalue weighted by atomic mass is 32.3. The molecule has 0 N–H and O–H groups in total. The Bertz CT molecular complexity index is 374. The summed E-state index contributed by atoms with van der Waals surface area (Å²) < 4.78 is 6.03. The molecule has 0 aromatic carbocycles. The van der Waals surface area contributed by atoms with Crippen LogP contribution in [0.4, 0.5) is 0 Å². The summed E-state index contributed by atoms with van der Waals surface area (Å²) in [5, 5.41) is 5.83. The summed E-state index contributed by atoms with van der Waals surface area (Å²) in [6.45, 7) is 4.67. The van der Waals surface area contributed by atoms with Crippen LogP contribution in [0.1, 0.15) is 13.8 Å². The zero-order chi connectivity index (χ0) is 11.1. The number of thioether (sulfide) groups is 6. The lowest BCUT2D eigenvalue weighted by atomic mass is 10.4. The van der Waals surface area contributed by atoms with Crippen molar-refractivity contribution < 1.29 is 0 Å². The Hall–Kier alpha value is 1.32. The zero-order valence-electron chi connectivity index (χ0n) is 8.76. The minimum Gasteiger partial charge on any atom is -0.113 e. The predicted octanol–water partition coefficient (Wildman–Crippen LogP) is 5.93. The summed E-state index contributed by atoms with van der Waals surface area (Å²) in [4.78, 5) is 0. The van der Waals surface area contributed by atoms with Crippen LogP contribution in [0.2, 0.25) is 0 Å². The van der Waals surface area contributed by atoms with Gasteiger partial charge in [0.05, 0.1) is 16.9 Å². The molecule has 0 amide bonds. The molecule has 6 heteroatoms. The van der Waals surface area contributed by atoms with Gasteiger partial charge in [0.1, 0.15) is 0 Å². The van der Waals surface area contributed by atoms with Crippen LogP contribution < -0.4 is 0 Å². The van der Waals surface area contributed by atoms with Gasteiger partial charge in [-0.1, -0.05) is 60.9 Å². The number of hydrogen-bond acceptors (Lipinski definition) is 6. The van der Waals surface area contributed by atoms with Crippen molar-refractivity contribution in [2.24, 2.45) is 0 Å². The summed E-state index contributed by atoms with van der Waals surface area (Å²) >= 11 is 11.8. The Labute approximate surface area is 122 Å². The average molecular weight is 323 g/mol. The summed E-state index contributed by atoms with van der Waals surface area (Å²) in [6.07, 6.45) is 0. The lowest BCUT2D eigenvalue weighted by Crippen LogP contribution is -2.14. The molecule has 16 heavy (non-hydrogen) atoms. The molecule has 0 aliphatic carbocycles. The molecule has 0 aromatic rings. The fraction of sp³-hybridized carbons (Fsp3) is 0.400. The van der Waals surface area contributed by atoms with Crippen molar-refractivity contribution in [3.8, 4) is 0 Å². The van der Waals surface area contributed by atoms with Gasteiger partial charge in [-0.3, -0.25) is 0 Å². The Morgan fingerprint density at radius 1 is 0.750 bits per heavy atom. The molecule has 0 spiro atoms. The van der Waals surface area contributed by atoms with Crippen LogP contribution in [0.25, 0.3) is 0 Å². The quantitative estimate of drug-likeness (QED) is 0.538. The van der Waals surface area contributed by atoms with Crippen LogP contribution in [0.5, 0.6) is 0 Å². The molecule has 0 nitrogen and oxygen atoms in total. The van der Waals surface area contributed by atoms with E-state index in [0.717, 1.165) is 10.5 Å². The second-order valence-electron chi connectivity index (χ2n) is 3.51. The molecule has 0 saturated carbocycles. The maximum absolute atomic E-state index is 2.34. The summed E-state index contributed by atoms with van der Waals surface area (Å²) in [6, 6.07) is 0. The van der Waals surface area contributed by atoms with Crippen molar-refractivity contribution in [3.05, 3.63) is 27.8 Å². The fourth-order valence-electron chi connectivity index (χ4n) is 1.33. The molecule has 0 saturated heterocycles. The van der Waals surface area contributed by atoms with E-state index in [1.165, 1.54) is 16.9 Å². The fourth-order valence-corrected chi connectivity index (χ4v) is 9.96. The molecule has 0 bridgehead atoms. The molecule has 0 fully saturated rings. The van der Waals surface area contributed by atoms with Gasteiger partial charge in [0.15, 0.2) is 0 Å². The van der Waals surface area contributed by atoms with E-state index in [-0.39, 0.29) is 0 Å². The first-order valence-corrected chi connectivity index (χ1v) is 10.0. The van der Waals surface area contributed by atoms with Crippen molar-refractivity contribution in [3.63, 3.8) is 0 Å². The van der Waals surface area contributed by atoms with Crippen LogP contribution in [0.15, 0.2) is 27.8 Å². The van der Waals surface area contributed by atoms with E-state index in [4.69, 9.17) is 0 Å². The van der Waals surface area contributed by atoms with Gasteiger partial charge in [-0.25, -0.2) is 0 Å². The van der Waals surface area contributed by atoms with E-state index < -0.39 is 0 Å². The van der Waals surface area contributed by atoms with Gasteiger partial charge in [-0.2, -0.15) is 0 Å². The first-order valence-electron chi connectivity index (χ1n) is 4.90. The molecule has 3 heterocycles. The maximum Gasteiger partial charge on any atom is 0.0717 e. The van der Waals surface area contributed by atoms with E-state index in [1.807, 2.05) is 47.0 Å². The van der Waals surface area contributed by atoms with Crippen molar-refractivity contribution in [2.75, 3.05) is 0 Å². The Kier molecular flexibility index (Phi) is 3.96. The minimum absolute atomic E-state index is 0.739. The third-order valence-electron chi connectivity index (χ3n) is 2.36. The standard InChI is InChI=1S/C10H10S6/c1-5-6(2)14-10-9(13-5)15-8(16-10)7-11-3-4-12-7/h3-6H,1-2H3. The van der Waals surface area contributed by atoms with E-state index >= 15 is 0 Å². The zero-order valence-corrected chi connectivity index (χ0v) is 13.7. The van der Waals surface area contributed by atoms with Crippen LogP contribution in [0, 0.1) is 0 Å². The monoisotopic (exact) mass is 322 g/mol. The Balaban J connectivity index is 1.79. The molecule has 3 aliphatic rings. The van der Waals surface area contributed by atoms with E-state index in [0.29, 0.717) is 0 Å². The third-order valence-corrected chi connectivity index (χ3v) is 11.2. The van der Waals surface area contributed by atoms with Crippen molar-refractivity contribution in [2.45, 2.75) is 24.3 Å². The van der Waals surface area contributed by atoms with E-state index in [2.05, 4.69) is 48.2 Å². The van der Waals surface area contributed by atoms with Gasteiger partial charge < -0.3 is 0 Å². The SMILES string of the molecule is CC1SC2=C(SC(=C3SC=CS3)S2)SC1C. The highest BCUT2D eigenvalue weighted by molar-refractivity contribution is 8.43. The molecule has 3 rings (SSSR count). The first kappa shape index (κ1) is 12.4. The molecule has 2 unspecified atom stereocenters. The van der Waals surface area contributed by atoms with Gasteiger partial charge in [-0.05, 0) is 10.8 Å². The van der Waals surface area contributed by atoms with E-state index in [1.54, 1.807) is 0 Å². The smallest absolute Gasteiger partial charge is 0.0717 e. The molecule has 0 radical (unpaired) electrons. The van der Waals surface area contributed by atoms with Crippen molar-refractivity contribution in [1.82, 2.24) is 0 Å². The van der Waals surface area contributed by atoms with Gasteiger partial charge in [-0.15, -0.1) is 23.5 Å². The lowest BCUT2D eigenvalue weighted by molar-refractivity contribution is 0.931. The molecule has 3 aliphatic heterocycles. The van der Waals surface area contributed by atoms with Crippen LogP contribution >= 0.6 is 70.6 Å². The predicted molar refractivity (Wildman–Crippen MR) is 87.7 cm³/mol. The van der Waals surface area contributed by atoms with Crippen LogP contribution in [-0.4, -0.2) is 10.5 Å². The Morgan fingerprint density at radius 2 is 1.25 bits per heavy atom. The highest BCUT2D eigenvalue weighted by Gasteiger charge is 2.33. The molecule has 0 aromatic heterocycles. The largest absolute Gasteiger partial charge is 0.113 e. The molecular formula is C10H10S6. The van der Waals surface area contributed by atoms with Gasteiger partial charge in [0, 0.05) is 10.5 Å². The molecule has 86 valence electrons. The van der Waals surface area contributed by atoms with Crippen LogP contribution in [0.3, 0.4) is 0 Å². The first-order chi connectivity index (χ1) is 7.74.